The molecule has 0 saturated carbocycles. The van der Waals surface area contributed by atoms with E-state index in [1.807, 2.05) is 61.5 Å². The van der Waals surface area contributed by atoms with Crippen molar-refractivity contribution in [3.05, 3.63) is 88.4 Å². The third-order valence-electron chi connectivity index (χ3n) is 6.68. The second-order valence-corrected chi connectivity index (χ2v) is 12.6. The molecule has 3 aromatic carbocycles. The van der Waals surface area contributed by atoms with Crippen LogP contribution in [-0.4, -0.2) is 64.7 Å². The predicted molar refractivity (Wildman–Crippen MR) is 168 cm³/mol. The molecule has 2 amide bonds. The van der Waals surface area contributed by atoms with Gasteiger partial charge in [0.25, 0.3) is 0 Å². The SMILES string of the molecule is CCCCNC(=O)[C@H](Cc1ccccc1)N(Cc1cccc(Br)c1)C(=O)CN(c1cc(OC)ccc1OC)S(C)(=O)=O. The average molecular weight is 661 g/mol. The van der Waals surface area contributed by atoms with Crippen LogP contribution in [0.15, 0.2) is 77.3 Å². The Balaban J connectivity index is 2.09. The van der Waals surface area contributed by atoms with Gasteiger partial charge in [0, 0.05) is 30.0 Å². The van der Waals surface area contributed by atoms with Crippen molar-refractivity contribution < 1.29 is 27.5 Å². The van der Waals surface area contributed by atoms with Crippen LogP contribution < -0.4 is 19.1 Å². The van der Waals surface area contributed by atoms with E-state index >= 15 is 0 Å². The molecule has 0 aliphatic rings. The van der Waals surface area contributed by atoms with E-state index < -0.39 is 28.5 Å². The van der Waals surface area contributed by atoms with E-state index in [4.69, 9.17) is 9.47 Å². The first-order valence-electron chi connectivity index (χ1n) is 13.6. The minimum atomic E-state index is -3.96. The molecule has 1 atom stereocenters. The Kier molecular flexibility index (Phi) is 12.2. The molecule has 11 heteroatoms. The number of ether oxygens (including phenoxy) is 2. The molecule has 0 fully saturated rings. The number of benzene rings is 3. The van der Waals surface area contributed by atoms with Gasteiger partial charge in [0.05, 0.1) is 26.2 Å². The van der Waals surface area contributed by atoms with Gasteiger partial charge in [0.15, 0.2) is 0 Å². The monoisotopic (exact) mass is 659 g/mol. The van der Waals surface area contributed by atoms with E-state index in [2.05, 4.69) is 21.2 Å². The Morgan fingerprint density at radius 3 is 2.29 bits per heavy atom. The number of sulfonamides is 1. The normalized spacial score (nSPS) is 11.8. The smallest absolute Gasteiger partial charge is 0.244 e. The van der Waals surface area contributed by atoms with Gasteiger partial charge >= 0.3 is 0 Å². The van der Waals surface area contributed by atoms with E-state index in [-0.39, 0.29) is 30.3 Å². The van der Waals surface area contributed by atoms with E-state index in [1.54, 1.807) is 12.1 Å². The summed E-state index contributed by atoms with van der Waals surface area (Å²) in [6, 6.07) is 20.7. The highest BCUT2D eigenvalue weighted by atomic mass is 79.9. The molecule has 0 aliphatic heterocycles. The third kappa shape index (κ3) is 9.22. The number of rotatable bonds is 15. The van der Waals surface area contributed by atoms with Crippen LogP contribution in [0.2, 0.25) is 0 Å². The van der Waals surface area contributed by atoms with Gasteiger partial charge in [-0.2, -0.15) is 0 Å². The summed E-state index contributed by atoms with van der Waals surface area (Å²) >= 11 is 3.48. The largest absolute Gasteiger partial charge is 0.497 e. The number of halogens is 1. The number of carbonyl (C=O) groups excluding carboxylic acids is 2. The quantitative estimate of drug-likeness (QED) is 0.235. The molecule has 0 radical (unpaired) electrons. The molecule has 0 heterocycles. The zero-order valence-corrected chi connectivity index (χ0v) is 26.8. The molecular formula is C31H38BrN3O6S. The van der Waals surface area contributed by atoms with Crippen molar-refractivity contribution in [1.82, 2.24) is 10.2 Å². The van der Waals surface area contributed by atoms with Crippen LogP contribution in [0, 0.1) is 0 Å². The molecule has 1 N–H and O–H groups in total. The van der Waals surface area contributed by atoms with E-state index in [0.717, 1.165) is 39.0 Å². The lowest BCUT2D eigenvalue weighted by molar-refractivity contribution is -0.140. The summed E-state index contributed by atoms with van der Waals surface area (Å²) in [5.41, 5.74) is 1.80. The predicted octanol–water partition coefficient (Wildman–Crippen LogP) is 4.79. The molecule has 0 spiro atoms. The van der Waals surface area contributed by atoms with E-state index in [0.29, 0.717) is 12.3 Å². The molecule has 42 heavy (non-hydrogen) atoms. The van der Waals surface area contributed by atoms with Crippen LogP contribution >= 0.6 is 15.9 Å². The number of hydrogen-bond donors (Lipinski definition) is 1. The summed E-state index contributed by atoms with van der Waals surface area (Å²) in [5.74, 6) is -0.196. The first-order chi connectivity index (χ1) is 20.1. The molecular weight excluding hydrogens is 622 g/mol. The van der Waals surface area contributed by atoms with Crippen molar-refractivity contribution in [2.45, 2.75) is 38.8 Å². The first-order valence-corrected chi connectivity index (χ1v) is 16.3. The average Bonchev–Trinajstić information content (AvgIpc) is 2.97. The Morgan fingerprint density at radius 2 is 1.67 bits per heavy atom. The third-order valence-corrected chi connectivity index (χ3v) is 8.30. The Bertz CT molecular complexity index is 1450. The molecule has 0 aliphatic carbocycles. The van der Waals surface area contributed by atoms with Crippen LogP contribution in [0.4, 0.5) is 5.69 Å². The summed E-state index contributed by atoms with van der Waals surface area (Å²) < 4.78 is 38.8. The maximum Gasteiger partial charge on any atom is 0.244 e. The zero-order chi connectivity index (χ0) is 30.7. The van der Waals surface area contributed by atoms with E-state index in [9.17, 15) is 18.0 Å². The summed E-state index contributed by atoms with van der Waals surface area (Å²) in [4.78, 5) is 29.4. The Morgan fingerprint density at radius 1 is 0.952 bits per heavy atom. The molecule has 9 nitrogen and oxygen atoms in total. The van der Waals surface area contributed by atoms with Crippen LogP contribution in [0.1, 0.15) is 30.9 Å². The first kappa shape index (κ1) is 32.9. The highest BCUT2D eigenvalue weighted by Gasteiger charge is 2.33. The number of anilines is 1. The number of amides is 2. The van der Waals surface area contributed by atoms with Gasteiger partial charge in [-0.25, -0.2) is 8.42 Å². The van der Waals surface area contributed by atoms with Crippen molar-refractivity contribution in [3.8, 4) is 11.5 Å². The highest BCUT2D eigenvalue weighted by molar-refractivity contribution is 9.10. The van der Waals surface area contributed by atoms with Gasteiger partial charge < -0.3 is 19.7 Å². The minimum Gasteiger partial charge on any atom is -0.497 e. The minimum absolute atomic E-state index is 0.0871. The van der Waals surface area contributed by atoms with Crippen molar-refractivity contribution in [2.75, 3.05) is 37.9 Å². The van der Waals surface area contributed by atoms with Gasteiger partial charge in [-0.05, 0) is 41.8 Å². The molecule has 0 saturated heterocycles. The van der Waals surface area contributed by atoms with Gasteiger partial charge in [-0.1, -0.05) is 71.7 Å². The van der Waals surface area contributed by atoms with Gasteiger partial charge in [-0.15, -0.1) is 0 Å². The fraction of sp³-hybridized carbons (Fsp3) is 0.355. The zero-order valence-electron chi connectivity index (χ0n) is 24.4. The molecule has 0 bridgehead atoms. The van der Waals surface area contributed by atoms with Crippen molar-refractivity contribution in [1.29, 1.82) is 0 Å². The number of carbonyl (C=O) groups is 2. The van der Waals surface area contributed by atoms with Crippen molar-refractivity contribution >= 4 is 43.5 Å². The fourth-order valence-corrected chi connectivity index (χ4v) is 5.77. The van der Waals surface area contributed by atoms with E-state index in [1.165, 1.54) is 25.2 Å². The Labute approximate surface area is 257 Å². The molecule has 0 unspecified atom stereocenters. The Hall–Kier alpha value is -3.57. The number of methoxy groups -OCH3 is 2. The highest BCUT2D eigenvalue weighted by Crippen LogP contribution is 2.34. The molecule has 226 valence electrons. The van der Waals surface area contributed by atoms with Crippen LogP contribution in [0.25, 0.3) is 0 Å². The number of nitrogens with one attached hydrogen (secondary N) is 1. The molecule has 0 aromatic heterocycles. The standard InChI is InChI=1S/C31H38BrN3O6S/c1-5-6-17-33-31(37)28(19-23-11-8-7-9-12-23)34(21-24-13-10-14-25(32)18-24)30(36)22-35(42(4,38)39)27-20-26(40-2)15-16-29(27)41-3/h7-16,18,20,28H,5-6,17,19,21-22H2,1-4H3,(H,33,37)/t28-/m0/s1. The summed E-state index contributed by atoms with van der Waals surface area (Å²) in [6.45, 7) is 2.03. The van der Waals surface area contributed by atoms with Crippen LogP contribution in [0.3, 0.4) is 0 Å². The summed E-state index contributed by atoms with van der Waals surface area (Å²) in [7, 11) is -1.08. The maximum atomic E-state index is 14.2. The van der Waals surface area contributed by atoms with Gasteiger partial charge in [0.1, 0.15) is 24.1 Å². The van der Waals surface area contributed by atoms with Crippen molar-refractivity contribution in [2.24, 2.45) is 0 Å². The second-order valence-electron chi connectivity index (χ2n) is 9.81. The molecule has 3 aromatic rings. The lowest BCUT2D eigenvalue weighted by atomic mass is 10.0. The number of hydrogen-bond acceptors (Lipinski definition) is 6. The van der Waals surface area contributed by atoms with Crippen molar-refractivity contribution in [3.63, 3.8) is 0 Å². The summed E-state index contributed by atoms with van der Waals surface area (Å²) in [6.07, 6.45) is 2.97. The van der Waals surface area contributed by atoms with Crippen LogP contribution in [-0.2, 0) is 32.6 Å². The number of unbranched alkanes of at least 4 members (excludes halogenated alkanes) is 1. The maximum absolute atomic E-state index is 14.2. The van der Waals surface area contributed by atoms with Crippen LogP contribution in [0.5, 0.6) is 11.5 Å². The molecule has 3 rings (SSSR count). The number of nitrogens with zero attached hydrogens (tertiary/aromatic N) is 2. The lowest BCUT2D eigenvalue weighted by Crippen LogP contribution is -2.53. The second kappa shape index (κ2) is 15.6. The lowest BCUT2D eigenvalue weighted by Gasteiger charge is -2.34. The van der Waals surface area contributed by atoms with Gasteiger partial charge in [-0.3, -0.25) is 13.9 Å². The fourth-order valence-electron chi connectivity index (χ4n) is 4.48. The topological polar surface area (TPSA) is 105 Å². The summed E-state index contributed by atoms with van der Waals surface area (Å²) in [5, 5.41) is 2.97. The van der Waals surface area contributed by atoms with Gasteiger partial charge in [0.2, 0.25) is 21.8 Å².